The van der Waals surface area contributed by atoms with Crippen LogP contribution in [0.2, 0.25) is 0 Å². The molecule has 0 radical (unpaired) electrons. The molecule has 5 heteroatoms. The molecule has 1 fully saturated rings. The number of carbonyl (C=O) groups is 1. The Balaban J connectivity index is 1.69. The molecule has 19 heavy (non-hydrogen) atoms. The highest BCUT2D eigenvalue weighted by Gasteiger charge is 2.25. The average Bonchev–Trinajstić information content (AvgIpc) is 2.88. The van der Waals surface area contributed by atoms with E-state index in [9.17, 15) is 4.79 Å². The molecule has 2 aromatic rings. The summed E-state index contributed by atoms with van der Waals surface area (Å²) in [4.78, 5) is 19.8. The molecule has 1 amide bonds. The molecule has 1 aliphatic heterocycles. The van der Waals surface area contributed by atoms with E-state index in [2.05, 4.69) is 18.8 Å². The van der Waals surface area contributed by atoms with Gasteiger partial charge < -0.3 is 4.90 Å². The lowest BCUT2D eigenvalue weighted by Gasteiger charge is -2.35. The van der Waals surface area contributed by atoms with Crippen molar-refractivity contribution in [1.29, 1.82) is 0 Å². The van der Waals surface area contributed by atoms with Crippen molar-refractivity contribution >= 4 is 22.2 Å². The average molecular weight is 277 g/mol. The third-order valence-corrected chi connectivity index (χ3v) is 4.47. The van der Waals surface area contributed by atoms with Crippen LogP contribution in [0.1, 0.15) is 26.0 Å². The van der Waals surface area contributed by atoms with Gasteiger partial charge in [0, 0.05) is 30.9 Å². The second kappa shape index (κ2) is 4.96. The van der Waals surface area contributed by atoms with E-state index in [0.717, 1.165) is 23.7 Å². The molecule has 4 nitrogen and oxygen atoms in total. The third kappa shape index (κ3) is 2.66. The summed E-state index contributed by atoms with van der Waals surface area (Å²) in [7, 11) is 0. The zero-order valence-electron chi connectivity index (χ0n) is 11.4. The minimum Gasteiger partial charge on any atom is -0.342 e. The first-order valence-electron chi connectivity index (χ1n) is 6.80. The summed E-state index contributed by atoms with van der Waals surface area (Å²) in [6.07, 6.45) is 5.59. The summed E-state index contributed by atoms with van der Waals surface area (Å²) >= 11 is 1.60. The van der Waals surface area contributed by atoms with Gasteiger partial charge in [-0.1, -0.05) is 13.8 Å². The van der Waals surface area contributed by atoms with Crippen LogP contribution in [0.5, 0.6) is 0 Å². The maximum atomic E-state index is 12.3. The number of hydrogen-bond donors (Lipinski definition) is 0. The smallest absolute Gasteiger partial charge is 0.228 e. The summed E-state index contributed by atoms with van der Waals surface area (Å²) in [5.41, 5.74) is 0.878. The zero-order chi connectivity index (χ0) is 13.4. The fraction of sp³-hybridized carbons (Fsp3) is 0.571. The Morgan fingerprint density at radius 3 is 2.84 bits per heavy atom. The molecule has 1 saturated heterocycles. The highest BCUT2D eigenvalue weighted by atomic mass is 32.1. The van der Waals surface area contributed by atoms with Gasteiger partial charge in [-0.25, -0.2) is 4.98 Å². The van der Waals surface area contributed by atoms with Crippen molar-refractivity contribution in [3.05, 3.63) is 23.5 Å². The van der Waals surface area contributed by atoms with Crippen LogP contribution in [0.4, 0.5) is 0 Å². The number of hydrogen-bond acceptors (Lipinski definition) is 3. The molecule has 0 spiro atoms. The van der Waals surface area contributed by atoms with Crippen molar-refractivity contribution in [1.82, 2.24) is 14.3 Å². The molecular formula is C14H19N3OS. The van der Waals surface area contributed by atoms with Crippen LogP contribution in [-0.4, -0.2) is 33.3 Å². The SMILES string of the molecule is C[C@@H]1C[C@H](C)CN(C(=O)Cc2cn3ccsc3n2)C1. The van der Waals surface area contributed by atoms with Crippen molar-refractivity contribution < 1.29 is 4.79 Å². The lowest BCUT2D eigenvalue weighted by Crippen LogP contribution is -2.43. The highest BCUT2D eigenvalue weighted by Crippen LogP contribution is 2.21. The fourth-order valence-electron chi connectivity index (χ4n) is 2.99. The van der Waals surface area contributed by atoms with Crippen LogP contribution in [0, 0.1) is 11.8 Å². The second-order valence-electron chi connectivity index (χ2n) is 5.75. The molecule has 1 aliphatic rings. The monoisotopic (exact) mass is 277 g/mol. The minimum atomic E-state index is 0.212. The van der Waals surface area contributed by atoms with E-state index < -0.39 is 0 Å². The quantitative estimate of drug-likeness (QED) is 0.845. The van der Waals surface area contributed by atoms with E-state index in [1.54, 1.807) is 11.3 Å². The van der Waals surface area contributed by atoms with Crippen LogP contribution < -0.4 is 0 Å². The Kier molecular flexibility index (Phi) is 3.31. The van der Waals surface area contributed by atoms with Crippen LogP contribution in [0.25, 0.3) is 4.96 Å². The number of carbonyl (C=O) groups excluding carboxylic acids is 1. The van der Waals surface area contributed by atoms with Crippen LogP contribution in [0.3, 0.4) is 0 Å². The van der Waals surface area contributed by atoms with Crippen molar-refractivity contribution in [3.63, 3.8) is 0 Å². The molecule has 0 bridgehead atoms. The lowest BCUT2D eigenvalue weighted by molar-refractivity contribution is -0.133. The Bertz CT molecular complexity index is 550. The topological polar surface area (TPSA) is 37.6 Å². The number of thiazole rings is 1. The predicted octanol–water partition coefficient (Wildman–Crippen LogP) is 2.44. The van der Waals surface area contributed by atoms with Crippen molar-refractivity contribution in [2.24, 2.45) is 11.8 Å². The highest BCUT2D eigenvalue weighted by molar-refractivity contribution is 7.15. The van der Waals surface area contributed by atoms with Crippen LogP contribution in [-0.2, 0) is 11.2 Å². The van der Waals surface area contributed by atoms with Gasteiger partial charge in [0.1, 0.15) is 0 Å². The maximum absolute atomic E-state index is 12.3. The van der Waals surface area contributed by atoms with Gasteiger partial charge in [0.05, 0.1) is 12.1 Å². The summed E-state index contributed by atoms with van der Waals surface area (Å²) in [6, 6.07) is 0. The van der Waals surface area contributed by atoms with Gasteiger partial charge in [-0.2, -0.15) is 0 Å². The molecule has 0 aliphatic carbocycles. The Morgan fingerprint density at radius 1 is 1.42 bits per heavy atom. The molecule has 3 rings (SSSR count). The Morgan fingerprint density at radius 2 is 2.16 bits per heavy atom. The number of likely N-dealkylation sites (tertiary alicyclic amines) is 1. The predicted molar refractivity (Wildman–Crippen MR) is 76.3 cm³/mol. The van der Waals surface area contributed by atoms with Gasteiger partial charge in [0.25, 0.3) is 0 Å². The van der Waals surface area contributed by atoms with Gasteiger partial charge in [-0.3, -0.25) is 9.20 Å². The molecule has 0 aromatic carbocycles. The maximum Gasteiger partial charge on any atom is 0.228 e. The minimum absolute atomic E-state index is 0.212. The molecule has 2 aromatic heterocycles. The molecule has 0 N–H and O–H groups in total. The van der Waals surface area contributed by atoms with Crippen molar-refractivity contribution in [3.8, 4) is 0 Å². The van der Waals surface area contributed by atoms with Crippen LogP contribution >= 0.6 is 11.3 Å². The number of fused-ring (bicyclic) bond motifs is 1. The number of rotatable bonds is 2. The van der Waals surface area contributed by atoms with Gasteiger partial charge in [0.2, 0.25) is 5.91 Å². The number of nitrogens with zero attached hydrogens (tertiary/aromatic N) is 3. The molecule has 0 saturated carbocycles. The number of imidazole rings is 1. The number of aromatic nitrogens is 2. The lowest BCUT2D eigenvalue weighted by atomic mass is 9.91. The largest absolute Gasteiger partial charge is 0.342 e. The Labute approximate surface area is 117 Å². The Hall–Kier alpha value is -1.36. The molecular weight excluding hydrogens is 258 g/mol. The summed E-state index contributed by atoms with van der Waals surface area (Å²) < 4.78 is 1.98. The van der Waals surface area contributed by atoms with Gasteiger partial charge >= 0.3 is 0 Å². The summed E-state index contributed by atoms with van der Waals surface area (Å²) in [5.74, 6) is 1.43. The first-order valence-corrected chi connectivity index (χ1v) is 7.68. The van der Waals surface area contributed by atoms with Gasteiger partial charge in [-0.05, 0) is 18.3 Å². The van der Waals surface area contributed by atoms with Gasteiger partial charge in [0.15, 0.2) is 4.96 Å². The zero-order valence-corrected chi connectivity index (χ0v) is 12.2. The van der Waals surface area contributed by atoms with E-state index >= 15 is 0 Å². The van der Waals surface area contributed by atoms with Crippen molar-refractivity contribution in [2.75, 3.05) is 13.1 Å². The second-order valence-corrected chi connectivity index (χ2v) is 6.62. The molecule has 102 valence electrons. The summed E-state index contributed by atoms with van der Waals surface area (Å²) in [5, 5.41) is 2.00. The fourth-order valence-corrected chi connectivity index (χ4v) is 3.71. The van der Waals surface area contributed by atoms with Crippen LogP contribution in [0.15, 0.2) is 17.8 Å². The summed E-state index contributed by atoms with van der Waals surface area (Å²) in [6.45, 7) is 6.24. The first-order chi connectivity index (χ1) is 9.11. The van der Waals surface area contributed by atoms with E-state index in [-0.39, 0.29) is 5.91 Å². The third-order valence-electron chi connectivity index (χ3n) is 3.70. The molecule has 2 atom stereocenters. The molecule has 0 unspecified atom stereocenters. The molecule has 3 heterocycles. The first kappa shape index (κ1) is 12.7. The number of piperidine rings is 1. The van der Waals surface area contributed by atoms with E-state index in [0.29, 0.717) is 18.3 Å². The van der Waals surface area contributed by atoms with Crippen molar-refractivity contribution in [2.45, 2.75) is 26.7 Å². The van der Waals surface area contributed by atoms with E-state index in [4.69, 9.17) is 0 Å². The normalized spacial score (nSPS) is 24.0. The van der Waals surface area contributed by atoms with E-state index in [1.807, 2.05) is 27.1 Å². The van der Waals surface area contributed by atoms with Gasteiger partial charge in [-0.15, -0.1) is 11.3 Å². The number of amides is 1. The van der Waals surface area contributed by atoms with E-state index in [1.165, 1.54) is 6.42 Å². The standard InChI is InChI=1S/C14H19N3OS/c1-10-5-11(2)8-17(7-10)13(18)6-12-9-16-3-4-19-14(16)15-12/h3-4,9-11H,5-8H2,1-2H3/t10-,11+.